The maximum absolute atomic E-state index is 6.86. The number of aryl methyl sites for hydroxylation is 4. The molecule has 13 aliphatic rings. The van der Waals surface area contributed by atoms with Crippen molar-refractivity contribution in [2.45, 2.75) is 392 Å². The van der Waals surface area contributed by atoms with Crippen LogP contribution in [0.3, 0.4) is 0 Å². The van der Waals surface area contributed by atoms with Crippen molar-refractivity contribution in [3.63, 3.8) is 0 Å². The molecule has 17 atom stereocenters. The summed E-state index contributed by atoms with van der Waals surface area (Å²) >= 11 is 6.03. The molecule has 0 aliphatic heterocycles. The molecule has 0 N–H and O–H groups in total. The van der Waals surface area contributed by atoms with Gasteiger partial charge in [-0.05, 0) is 242 Å². The molecule has 17 unspecified atom stereocenters. The van der Waals surface area contributed by atoms with Crippen LogP contribution in [0.15, 0.2) is 60.2 Å². The molecule has 0 aromatic heterocycles. The molecule has 14 heteroatoms. The predicted molar refractivity (Wildman–Crippen MR) is 506 cm³/mol. The summed E-state index contributed by atoms with van der Waals surface area (Å²) in [6.07, 6.45) is 61.4. The van der Waals surface area contributed by atoms with Crippen molar-refractivity contribution in [3.05, 3.63) is 120 Å². The minimum absolute atomic E-state index is 0. The Labute approximate surface area is 738 Å². The molecule has 0 nitrogen and oxygen atoms in total. The van der Waals surface area contributed by atoms with Gasteiger partial charge in [-0.2, -0.15) is 11.1 Å². The first-order chi connectivity index (χ1) is 49.2. The van der Waals surface area contributed by atoms with Crippen LogP contribution >= 0.6 is 28.1 Å². The second kappa shape index (κ2) is 38.5. The van der Waals surface area contributed by atoms with Gasteiger partial charge in [0.25, 0.3) is 0 Å². The topological polar surface area (TPSA) is 0 Å². The van der Waals surface area contributed by atoms with E-state index in [4.69, 9.17) is 28.1 Å². The van der Waals surface area contributed by atoms with Gasteiger partial charge >= 0.3 is 75.6 Å². The molecule has 0 radical (unpaired) electrons. The summed E-state index contributed by atoms with van der Waals surface area (Å²) < 4.78 is 0. The van der Waals surface area contributed by atoms with Crippen molar-refractivity contribution in [1.29, 1.82) is 0 Å². The Morgan fingerprint density at radius 3 is 1.10 bits per heavy atom. The minimum atomic E-state index is -1.58. The first kappa shape index (κ1) is 99.2. The van der Waals surface area contributed by atoms with Crippen LogP contribution in [0.1, 0.15) is 278 Å². The molecule has 0 saturated heterocycles. The van der Waals surface area contributed by atoms with Gasteiger partial charge in [0.15, 0.2) is 0 Å². The fourth-order valence-corrected chi connectivity index (χ4v) is 72.1. The largest absolute Gasteiger partial charge is 1.00 e. The van der Waals surface area contributed by atoms with Gasteiger partial charge in [0.2, 0.25) is 0 Å². The van der Waals surface area contributed by atoms with Crippen LogP contribution < -0.4 is 37.7 Å². The second-order valence-electron chi connectivity index (χ2n) is 47.2. The Morgan fingerprint density at radius 1 is 0.373 bits per heavy atom. The number of benzene rings is 2. The molecule has 0 heterocycles. The average Bonchev–Trinajstić information content (AvgIpc) is 1.56. The molecule has 608 valence electrons. The summed E-state index contributed by atoms with van der Waals surface area (Å²) in [5, 5.41) is 0. The number of fused-ring (bicyclic) bond motifs is 8. The van der Waals surface area contributed by atoms with E-state index >= 15 is 0 Å². The molecule has 13 aliphatic carbocycles. The van der Waals surface area contributed by atoms with E-state index in [1.165, 1.54) is 80.0 Å². The fourth-order valence-electron chi connectivity index (χ4n) is 26.9. The molecular formula is C96H167Cl3Li2Si8Zr+2. The molecule has 8 fully saturated rings. The maximum atomic E-state index is 6.86. The SMILES string of the molecule is CC(C)(C)CC1=CC([Si](C)(C)[Si](C)(C)C2C=Cc3cc4c(cc32)CCC4)C=C1.CC(C)(C)CC1CCC([Si](C)(C)[Si](C)(C)C2CCC3CC4CCCC4CC32)C1.CC(C)(C)CC1CCC([Si](C)(C)[Si](C)(C)C2CCC3CC4CCCC4CC32)C1.C[Si](C)(Cl)[Si](C)(C)C1C=Cc2cc3c(cc21)CCC3.[CH3-].[CH3-].[Cl][Zr+2][Cl].[Li+].[Li+]. The van der Waals surface area contributed by atoms with E-state index in [0.29, 0.717) is 32.9 Å². The third-order valence-corrected chi connectivity index (χ3v) is 116. The number of allylic oxidation sites excluding steroid dienone is 6. The molecule has 0 spiro atoms. The monoisotopic (exact) mass is 1750 g/mol. The summed E-state index contributed by atoms with van der Waals surface area (Å²) in [6, 6.07) is 10.1. The number of hydrogen-bond donors (Lipinski definition) is 0. The average molecular weight is 1760 g/mol. The van der Waals surface area contributed by atoms with Crippen LogP contribution in [-0.4, -0.2) is 60.0 Å². The normalized spacial score (nSPS) is 31.2. The van der Waals surface area contributed by atoms with Gasteiger partial charge in [-0.15, -0.1) is 0 Å². The quantitative estimate of drug-likeness (QED) is 0.100. The van der Waals surface area contributed by atoms with Gasteiger partial charge in [0.1, 0.15) is 6.90 Å². The third kappa shape index (κ3) is 21.6. The molecule has 110 heavy (non-hydrogen) atoms. The minimum Gasteiger partial charge on any atom is 1.00 e. The van der Waals surface area contributed by atoms with Gasteiger partial charge in [-0.1, -0.05) is 342 Å². The van der Waals surface area contributed by atoms with E-state index in [1.807, 2.05) is 0 Å². The van der Waals surface area contributed by atoms with Crippen molar-refractivity contribution < 1.29 is 58.6 Å². The Kier molecular flexibility index (Phi) is 34.7. The Balaban J connectivity index is 0.000000201. The standard InChI is InChI=1S/2C26H50Si2.C26H38Si2.C16H23ClSi2.2CH3.2ClH.2Li.Zr/c3*1-26(2,3)18-19-11-13-23(15-19)27(4,5)28(6,7)25-14-12-22-16-20-9-8-10-21(20)17-24(22)25;1-18(2,19(3,4)17)16-9-8-14-10-12-6-5-7-13(12)11-15(14)16;;;;;;;/h2*19-25H,8-18H2,1-7H3;11-17,23,25H,8-10,18H2,1-7H3;8-11,16H,5-7H2,1-4H3;2*1H3;2*1H;;;/q;;;;2*-1;;;2*+1;+4/p-2. The summed E-state index contributed by atoms with van der Waals surface area (Å²) in [5.41, 5.74) is 22.4. The first-order valence-corrected chi connectivity index (χ1v) is 80.8. The molecule has 15 rings (SSSR count). The van der Waals surface area contributed by atoms with Gasteiger partial charge < -0.3 is 14.9 Å². The van der Waals surface area contributed by atoms with E-state index in [0.717, 1.165) is 70.3 Å². The van der Waals surface area contributed by atoms with E-state index in [9.17, 15) is 0 Å². The molecule has 2 aromatic carbocycles. The van der Waals surface area contributed by atoms with Crippen LogP contribution in [-0.2, 0) is 46.5 Å². The zero-order valence-electron chi connectivity index (χ0n) is 77.3. The van der Waals surface area contributed by atoms with Crippen molar-refractivity contribution in [3.8, 4) is 0 Å². The number of rotatable bonds is 14. The molecule has 2 aromatic rings. The van der Waals surface area contributed by atoms with Crippen molar-refractivity contribution in [1.82, 2.24) is 0 Å². The van der Waals surface area contributed by atoms with Crippen LogP contribution in [0.25, 0.3) is 12.2 Å². The fraction of sp³-hybridized carbons (Fsp3) is 0.771. The predicted octanol–water partition coefficient (Wildman–Crippen LogP) is 26.4. The van der Waals surface area contributed by atoms with E-state index in [-0.39, 0.29) is 52.6 Å². The number of halogens is 3. The third-order valence-electron chi connectivity index (χ3n) is 35.5. The van der Waals surface area contributed by atoms with E-state index in [2.05, 4.69) is 234 Å². The van der Waals surface area contributed by atoms with E-state index in [1.54, 1.807) is 167 Å². The zero-order valence-corrected chi connectivity index (χ0v) is 90.0. The Bertz CT molecular complexity index is 3390. The smallest absolute Gasteiger partial charge is 1.00 e. The van der Waals surface area contributed by atoms with Gasteiger partial charge in [-0.25, -0.2) is 0 Å². The van der Waals surface area contributed by atoms with Crippen LogP contribution in [0.4, 0.5) is 0 Å². The molecule has 0 amide bonds. The van der Waals surface area contributed by atoms with Crippen LogP contribution in [0.2, 0.25) is 132 Å². The zero-order chi connectivity index (χ0) is 77.5. The Hall–Kier alpha value is 2.08. The Morgan fingerprint density at radius 2 is 0.736 bits per heavy atom. The molecule has 8 saturated carbocycles. The van der Waals surface area contributed by atoms with Crippen molar-refractivity contribution in [2.24, 2.45) is 75.4 Å². The maximum Gasteiger partial charge on any atom is 1.00 e. The van der Waals surface area contributed by atoms with Crippen molar-refractivity contribution >= 4 is 100 Å². The second-order valence-corrected chi connectivity index (χ2v) is 118. The molecular weight excluding hydrogens is 1590 g/mol. The summed E-state index contributed by atoms with van der Waals surface area (Å²) in [5.74, 6) is 11.2. The van der Waals surface area contributed by atoms with Crippen molar-refractivity contribution in [2.75, 3.05) is 0 Å². The van der Waals surface area contributed by atoms with Crippen LogP contribution in [0.5, 0.6) is 0 Å². The van der Waals surface area contributed by atoms with Gasteiger partial charge in [0.05, 0.1) is 22.8 Å². The first-order valence-electron chi connectivity index (χ1n) is 44.9. The summed E-state index contributed by atoms with van der Waals surface area (Å²) in [6.45, 7) is 63.7. The number of hydrogen-bond acceptors (Lipinski definition) is 0. The van der Waals surface area contributed by atoms with Crippen LogP contribution in [0, 0.1) is 90.3 Å². The van der Waals surface area contributed by atoms with Gasteiger partial charge in [0, 0.05) is 30.4 Å². The van der Waals surface area contributed by atoms with Gasteiger partial charge in [-0.3, -0.25) is 0 Å². The summed E-state index contributed by atoms with van der Waals surface area (Å²) in [7, 11) is 0.870. The van der Waals surface area contributed by atoms with E-state index < -0.39 is 80.9 Å². The molecule has 0 bridgehead atoms. The summed E-state index contributed by atoms with van der Waals surface area (Å²) in [4.78, 5) is 0.